The van der Waals surface area contributed by atoms with Gasteiger partial charge in [-0.1, -0.05) is 23.8 Å². The molecule has 1 heterocycles. The van der Waals surface area contributed by atoms with Crippen molar-refractivity contribution in [3.63, 3.8) is 0 Å². The van der Waals surface area contributed by atoms with E-state index in [1.807, 2.05) is 39.0 Å². The number of hydrogen-bond donors (Lipinski definition) is 1. The molecule has 0 aromatic heterocycles. The van der Waals surface area contributed by atoms with Crippen molar-refractivity contribution in [2.24, 2.45) is 0 Å². The van der Waals surface area contributed by atoms with Crippen LogP contribution in [0.5, 0.6) is 0 Å². The smallest absolute Gasteiger partial charge is 0.243 e. The fourth-order valence-electron chi connectivity index (χ4n) is 3.41. The van der Waals surface area contributed by atoms with E-state index in [-0.39, 0.29) is 10.8 Å². The minimum absolute atomic E-state index is 0.231. The molecular weight excluding hydrogens is 348 g/mol. The lowest BCUT2D eigenvalue weighted by atomic mass is 10.1. The zero-order valence-corrected chi connectivity index (χ0v) is 16.1. The first-order chi connectivity index (χ1) is 12.3. The number of rotatable bonds is 4. The van der Waals surface area contributed by atoms with E-state index in [2.05, 4.69) is 5.32 Å². The van der Waals surface area contributed by atoms with Crippen LogP contribution >= 0.6 is 0 Å². The molecular formula is C20H24N2O3S. The number of nitrogens with zero attached hydrogens (tertiary/aromatic N) is 1. The molecule has 0 spiro atoms. The van der Waals surface area contributed by atoms with Crippen molar-refractivity contribution in [1.29, 1.82) is 0 Å². The normalized spacial score (nSPS) is 18.0. The zero-order valence-electron chi connectivity index (χ0n) is 15.3. The minimum atomic E-state index is -3.69. The van der Waals surface area contributed by atoms with E-state index in [0.717, 1.165) is 16.7 Å². The van der Waals surface area contributed by atoms with Gasteiger partial charge in [-0.2, -0.15) is 4.31 Å². The topological polar surface area (TPSA) is 66.5 Å². The number of hydrogen-bond acceptors (Lipinski definition) is 3. The Morgan fingerprint density at radius 1 is 1.00 bits per heavy atom. The van der Waals surface area contributed by atoms with Gasteiger partial charge in [0, 0.05) is 12.2 Å². The molecule has 1 amide bonds. The van der Waals surface area contributed by atoms with Gasteiger partial charge in [0.2, 0.25) is 15.9 Å². The maximum Gasteiger partial charge on any atom is 0.243 e. The Kier molecular flexibility index (Phi) is 5.16. The van der Waals surface area contributed by atoms with E-state index >= 15 is 0 Å². The first kappa shape index (κ1) is 18.6. The molecule has 1 N–H and O–H groups in total. The molecule has 0 bridgehead atoms. The van der Waals surface area contributed by atoms with Crippen molar-refractivity contribution in [2.75, 3.05) is 11.9 Å². The van der Waals surface area contributed by atoms with Gasteiger partial charge < -0.3 is 5.32 Å². The number of benzene rings is 2. The molecule has 2 aromatic rings. The monoisotopic (exact) mass is 372 g/mol. The maximum atomic E-state index is 13.0. The van der Waals surface area contributed by atoms with Crippen LogP contribution < -0.4 is 5.32 Å². The van der Waals surface area contributed by atoms with Gasteiger partial charge in [0.05, 0.1) is 4.90 Å². The quantitative estimate of drug-likeness (QED) is 0.894. The summed E-state index contributed by atoms with van der Waals surface area (Å²) < 4.78 is 27.3. The third kappa shape index (κ3) is 3.81. The average molecular weight is 372 g/mol. The van der Waals surface area contributed by atoms with Gasteiger partial charge in [0.15, 0.2) is 0 Å². The van der Waals surface area contributed by atoms with Crippen LogP contribution in [0.15, 0.2) is 47.4 Å². The molecule has 1 aliphatic heterocycles. The molecule has 1 saturated heterocycles. The molecule has 6 heteroatoms. The summed E-state index contributed by atoms with van der Waals surface area (Å²) in [6.07, 6.45) is 1.21. The molecule has 26 heavy (non-hydrogen) atoms. The van der Waals surface area contributed by atoms with Crippen LogP contribution in [-0.2, 0) is 14.8 Å². The van der Waals surface area contributed by atoms with E-state index in [1.165, 1.54) is 4.31 Å². The molecule has 2 aromatic carbocycles. The van der Waals surface area contributed by atoms with Gasteiger partial charge in [-0.05, 0) is 69.0 Å². The Hall–Kier alpha value is -2.18. The minimum Gasteiger partial charge on any atom is -0.325 e. The Morgan fingerprint density at radius 3 is 2.23 bits per heavy atom. The lowest BCUT2D eigenvalue weighted by molar-refractivity contribution is -0.119. The lowest BCUT2D eigenvalue weighted by Gasteiger charge is -2.23. The van der Waals surface area contributed by atoms with Crippen LogP contribution in [0.2, 0.25) is 0 Å². The van der Waals surface area contributed by atoms with Crippen LogP contribution in [0.3, 0.4) is 0 Å². The molecule has 138 valence electrons. The van der Waals surface area contributed by atoms with Crippen LogP contribution in [0.25, 0.3) is 0 Å². The first-order valence-corrected chi connectivity index (χ1v) is 10.2. The number of amides is 1. The SMILES string of the molecule is Cc1ccc(S(=O)(=O)N2CCC[C@H]2C(=O)Nc2cc(C)cc(C)c2)cc1. The number of carbonyl (C=O) groups excluding carboxylic acids is 1. The van der Waals surface area contributed by atoms with Gasteiger partial charge in [-0.15, -0.1) is 0 Å². The summed E-state index contributed by atoms with van der Waals surface area (Å²) >= 11 is 0. The number of anilines is 1. The largest absolute Gasteiger partial charge is 0.325 e. The highest BCUT2D eigenvalue weighted by Crippen LogP contribution is 2.27. The summed E-state index contributed by atoms with van der Waals surface area (Å²) in [7, 11) is -3.69. The zero-order chi connectivity index (χ0) is 18.9. The lowest BCUT2D eigenvalue weighted by Crippen LogP contribution is -2.43. The number of carbonyl (C=O) groups is 1. The molecule has 1 fully saturated rings. The van der Waals surface area contributed by atoms with Crippen LogP contribution in [0.1, 0.15) is 29.5 Å². The summed E-state index contributed by atoms with van der Waals surface area (Å²) in [5.74, 6) is -0.275. The molecule has 1 atom stereocenters. The van der Waals surface area contributed by atoms with Gasteiger partial charge in [-0.25, -0.2) is 8.42 Å². The molecule has 1 aliphatic rings. The first-order valence-electron chi connectivity index (χ1n) is 8.75. The van der Waals surface area contributed by atoms with E-state index in [1.54, 1.807) is 24.3 Å². The van der Waals surface area contributed by atoms with E-state index < -0.39 is 16.1 Å². The van der Waals surface area contributed by atoms with Crippen molar-refractivity contribution < 1.29 is 13.2 Å². The van der Waals surface area contributed by atoms with Gasteiger partial charge in [0.25, 0.3) is 0 Å². The fourth-order valence-corrected chi connectivity index (χ4v) is 5.06. The number of nitrogens with one attached hydrogen (secondary N) is 1. The summed E-state index contributed by atoms with van der Waals surface area (Å²) in [4.78, 5) is 13.0. The highest BCUT2D eigenvalue weighted by atomic mass is 32.2. The molecule has 0 aliphatic carbocycles. The molecule has 5 nitrogen and oxygen atoms in total. The van der Waals surface area contributed by atoms with E-state index in [0.29, 0.717) is 25.1 Å². The average Bonchev–Trinajstić information content (AvgIpc) is 3.05. The maximum absolute atomic E-state index is 13.0. The van der Waals surface area contributed by atoms with Crippen LogP contribution in [0.4, 0.5) is 5.69 Å². The summed E-state index contributed by atoms with van der Waals surface area (Å²) in [6, 6.07) is 11.9. The second-order valence-electron chi connectivity index (χ2n) is 6.95. The highest BCUT2D eigenvalue weighted by molar-refractivity contribution is 7.89. The predicted molar refractivity (Wildman–Crippen MR) is 103 cm³/mol. The Bertz CT molecular complexity index is 900. The van der Waals surface area contributed by atoms with Gasteiger partial charge in [0.1, 0.15) is 6.04 Å². The van der Waals surface area contributed by atoms with Gasteiger partial charge in [-0.3, -0.25) is 4.79 Å². The number of aryl methyl sites for hydroxylation is 3. The highest BCUT2D eigenvalue weighted by Gasteiger charge is 2.39. The van der Waals surface area contributed by atoms with Crippen LogP contribution in [-0.4, -0.2) is 31.2 Å². The second-order valence-corrected chi connectivity index (χ2v) is 8.84. The Labute approximate surface area is 155 Å². The third-order valence-electron chi connectivity index (χ3n) is 4.62. The summed E-state index contributed by atoms with van der Waals surface area (Å²) in [5.41, 5.74) is 3.80. The predicted octanol–water partition coefficient (Wildman–Crippen LogP) is 3.40. The van der Waals surface area contributed by atoms with E-state index in [9.17, 15) is 13.2 Å². The van der Waals surface area contributed by atoms with Crippen molar-refractivity contribution in [2.45, 2.75) is 44.6 Å². The van der Waals surface area contributed by atoms with E-state index in [4.69, 9.17) is 0 Å². The standard InChI is InChI=1S/C20H24N2O3S/c1-14-6-8-18(9-7-14)26(24,25)22-10-4-5-19(22)20(23)21-17-12-15(2)11-16(3)13-17/h6-9,11-13,19H,4-5,10H2,1-3H3,(H,21,23)/t19-/m0/s1. The van der Waals surface area contributed by atoms with Crippen molar-refractivity contribution in [1.82, 2.24) is 4.31 Å². The van der Waals surface area contributed by atoms with Gasteiger partial charge >= 0.3 is 0 Å². The van der Waals surface area contributed by atoms with Crippen molar-refractivity contribution in [3.8, 4) is 0 Å². The molecule has 0 radical (unpaired) electrons. The third-order valence-corrected chi connectivity index (χ3v) is 6.55. The molecule has 0 saturated carbocycles. The molecule has 0 unspecified atom stereocenters. The Balaban J connectivity index is 1.83. The van der Waals surface area contributed by atoms with Crippen molar-refractivity contribution in [3.05, 3.63) is 59.2 Å². The number of sulfonamides is 1. The summed E-state index contributed by atoms with van der Waals surface area (Å²) in [5, 5.41) is 2.88. The Morgan fingerprint density at radius 2 is 1.62 bits per heavy atom. The summed E-state index contributed by atoms with van der Waals surface area (Å²) in [6.45, 7) is 6.20. The van der Waals surface area contributed by atoms with Crippen molar-refractivity contribution >= 4 is 21.6 Å². The fraction of sp³-hybridized carbons (Fsp3) is 0.350. The molecule has 3 rings (SSSR count). The van der Waals surface area contributed by atoms with Crippen LogP contribution in [0, 0.1) is 20.8 Å². The second kappa shape index (κ2) is 7.21.